The van der Waals surface area contributed by atoms with Crippen molar-refractivity contribution in [3.8, 4) is 5.75 Å². The molecule has 0 unspecified atom stereocenters. The second kappa shape index (κ2) is 2.96. The summed E-state index contributed by atoms with van der Waals surface area (Å²) < 4.78 is 19.0. The fraction of sp³-hybridized carbons (Fsp3) is 0.222. The maximum absolute atomic E-state index is 13.2. The summed E-state index contributed by atoms with van der Waals surface area (Å²) in [5.41, 5.74) is 0.695. The normalized spacial score (nSPS) is 10.7. The molecule has 1 aromatic heterocycles. The summed E-state index contributed by atoms with van der Waals surface area (Å²) in [4.78, 5) is 4.17. The largest absolute Gasteiger partial charge is 0.494 e. The Bertz CT molecular complexity index is 452. The molecule has 2 nitrogen and oxygen atoms in total. The van der Waals surface area contributed by atoms with Gasteiger partial charge in [-0.2, -0.15) is 0 Å². The SMILES string of the molecule is COc1cc2sc(C)nc2cc1F. The zero-order valence-corrected chi connectivity index (χ0v) is 8.11. The van der Waals surface area contributed by atoms with Crippen molar-refractivity contribution in [1.82, 2.24) is 4.98 Å². The lowest BCUT2D eigenvalue weighted by Crippen LogP contribution is -1.86. The number of halogens is 1. The number of methoxy groups -OCH3 is 1. The topological polar surface area (TPSA) is 22.1 Å². The van der Waals surface area contributed by atoms with E-state index in [1.165, 1.54) is 24.5 Å². The molecule has 68 valence electrons. The monoisotopic (exact) mass is 197 g/mol. The van der Waals surface area contributed by atoms with Crippen LogP contribution in [0, 0.1) is 12.7 Å². The van der Waals surface area contributed by atoms with Crippen molar-refractivity contribution in [3.63, 3.8) is 0 Å². The first-order valence-corrected chi connectivity index (χ1v) is 4.63. The van der Waals surface area contributed by atoms with Crippen LogP contribution < -0.4 is 4.74 Å². The van der Waals surface area contributed by atoms with Gasteiger partial charge in [0.1, 0.15) is 0 Å². The average molecular weight is 197 g/mol. The van der Waals surface area contributed by atoms with E-state index in [9.17, 15) is 4.39 Å². The van der Waals surface area contributed by atoms with Gasteiger partial charge in [0.05, 0.1) is 22.3 Å². The Labute approximate surface area is 79.0 Å². The minimum absolute atomic E-state index is 0.274. The third-order valence-electron chi connectivity index (χ3n) is 1.77. The predicted octanol–water partition coefficient (Wildman–Crippen LogP) is 2.75. The number of rotatable bonds is 1. The molecule has 0 radical (unpaired) electrons. The third-order valence-corrected chi connectivity index (χ3v) is 2.70. The van der Waals surface area contributed by atoms with Gasteiger partial charge in [0.25, 0.3) is 0 Å². The van der Waals surface area contributed by atoms with Crippen molar-refractivity contribution < 1.29 is 9.13 Å². The van der Waals surface area contributed by atoms with Crippen LogP contribution in [-0.4, -0.2) is 12.1 Å². The van der Waals surface area contributed by atoms with Crippen molar-refractivity contribution in [3.05, 3.63) is 23.0 Å². The molecule has 0 bridgehead atoms. The van der Waals surface area contributed by atoms with Gasteiger partial charge in [-0.15, -0.1) is 11.3 Å². The minimum atomic E-state index is -0.361. The first-order chi connectivity index (χ1) is 6.20. The number of aryl methyl sites for hydroxylation is 1. The van der Waals surface area contributed by atoms with Crippen LogP contribution in [0.15, 0.2) is 12.1 Å². The van der Waals surface area contributed by atoms with E-state index in [1.807, 2.05) is 6.92 Å². The van der Waals surface area contributed by atoms with Crippen molar-refractivity contribution in [2.24, 2.45) is 0 Å². The van der Waals surface area contributed by atoms with Gasteiger partial charge in [-0.05, 0) is 6.92 Å². The Morgan fingerprint density at radius 2 is 2.23 bits per heavy atom. The van der Waals surface area contributed by atoms with Crippen LogP contribution in [0.3, 0.4) is 0 Å². The van der Waals surface area contributed by atoms with E-state index >= 15 is 0 Å². The fourth-order valence-electron chi connectivity index (χ4n) is 1.20. The van der Waals surface area contributed by atoms with Gasteiger partial charge in [0, 0.05) is 12.1 Å². The number of benzene rings is 1. The second-order valence-electron chi connectivity index (χ2n) is 2.69. The van der Waals surface area contributed by atoms with E-state index in [1.54, 1.807) is 6.07 Å². The first-order valence-electron chi connectivity index (χ1n) is 3.81. The van der Waals surface area contributed by atoms with Gasteiger partial charge >= 0.3 is 0 Å². The molecule has 0 N–H and O–H groups in total. The van der Waals surface area contributed by atoms with Gasteiger partial charge < -0.3 is 4.74 Å². The number of nitrogens with zero attached hydrogens (tertiary/aromatic N) is 1. The van der Waals surface area contributed by atoms with Crippen LogP contribution in [0.25, 0.3) is 10.2 Å². The van der Waals surface area contributed by atoms with Crippen molar-refractivity contribution >= 4 is 21.6 Å². The summed E-state index contributed by atoms with van der Waals surface area (Å²) in [7, 11) is 1.46. The Morgan fingerprint density at radius 3 is 2.92 bits per heavy atom. The van der Waals surface area contributed by atoms with Crippen LogP contribution in [-0.2, 0) is 0 Å². The highest BCUT2D eigenvalue weighted by Crippen LogP contribution is 2.28. The summed E-state index contributed by atoms with van der Waals surface area (Å²) in [6.45, 7) is 1.90. The smallest absolute Gasteiger partial charge is 0.167 e. The van der Waals surface area contributed by atoms with E-state index in [0.29, 0.717) is 5.52 Å². The zero-order chi connectivity index (χ0) is 9.42. The summed E-state index contributed by atoms with van der Waals surface area (Å²) >= 11 is 1.53. The van der Waals surface area contributed by atoms with Gasteiger partial charge in [0.15, 0.2) is 11.6 Å². The Kier molecular flexibility index (Phi) is 1.92. The molecule has 0 amide bonds. The number of ether oxygens (including phenoxy) is 1. The van der Waals surface area contributed by atoms with Crippen molar-refractivity contribution in [2.75, 3.05) is 7.11 Å². The molecule has 4 heteroatoms. The lowest BCUT2D eigenvalue weighted by atomic mass is 10.3. The van der Waals surface area contributed by atoms with Crippen molar-refractivity contribution in [2.45, 2.75) is 6.92 Å². The molecule has 0 atom stereocenters. The highest BCUT2D eigenvalue weighted by Gasteiger charge is 2.07. The molecule has 0 spiro atoms. The molecule has 0 aliphatic carbocycles. The maximum Gasteiger partial charge on any atom is 0.167 e. The highest BCUT2D eigenvalue weighted by atomic mass is 32.1. The molecule has 0 aliphatic rings. The summed E-state index contributed by atoms with van der Waals surface area (Å²) in [5.74, 6) is -0.0866. The molecule has 2 aromatic rings. The van der Waals surface area contributed by atoms with Crippen LogP contribution >= 0.6 is 11.3 Å². The lowest BCUT2D eigenvalue weighted by Gasteiger charge is -1.99. The molecule has 1 aromatic carbocycles. The zero-order valence-electron chi connectivity index (χ0n) is 7.30. The number of aromatic nitrogens is 1. The molecule has 0 fully saturated rings. The van der Waals surface area contributed by atoms with Crippen LogP contribution in [0.1, 0.15) is 5.01 Å². The van der Waals surface area contributed by atoms with Gasteiger partial charge in [-0.25, -0.2) is 9.37 Å². The van der Waals surface area contributed by atoms with E-state index < -0.39 is 0 Å². The quantitative estimate of drug-likeness (QED) is 0.701. The standard InChI is InChI=1S/C9H8FNOS/c1-5-11-7-3-6(10)8(12-2)4-9(7)13-5/h3-4H,1-2H3. The van der Waals surface area contributed by atoms with E-state index in [2.05, 4.69) is 4.98 Å². The molecule has 0 saturated carbocycles. The minimum Gasteiger partial charge on any atom is -0.494 e. The number of fused-ring (bicyclic) bond motifs is 1. The molecular weight excluding hydrogens is 189 g/mol. The van der Waals surface area contributed by atoms with E-state index in [0.717, 1.165) is 9.71 Å². The van der Waals surface area contributed by atoms with Crippen LogP contribution in [0.2, 0.25) is 0 Å². The summed E-state index contributed by atoms with van der Waals surface area (Å²) in [6.07, 6.45) is 0. The molecule has 0 aliphatic heterocycles. The molecular formula is C9H8FNOS. The molecule has 0 saturated heterocycles. The van der Waals surface area contributed by atoms with Gasteiger partial charge in [0.2, 0.25) is 0 Å². The average Bonchev–Trinajstić information content (AvgIpc) is 2.42. The van der Waals surface area contributed by atoms with Crippen LogP contribution in [0.5, 0.6) is 5.75 Å². The predicted molar refractivity (Wildman–Crippen MR) is 50.9 cm³/mol. The van der Waals surface area contributed by atoms with Crippen LogP contribution in [0.4, 0.5) is 4.39 Å². The Morgan fingerprint density at radius 1 is 1.46 bits per heavy atom. The number of hydrogen-bond acceptors (Lipinski definition) is 3. The van der Waals surface area contributed by atoms with E-state index in [-0.39, 0.29) is 11.6 Å². The molecule has 2 rings (SSSR count). The summed E-state index contributed by atoms with van der Waals surface area (Å²) in [6, 6.07) is 3.08. The number of hydrogen-bond donors (Lipinski definition) is 0. The number of thiazole rings is 1. The molecule has 1 heterocycles. The Hall–Kier alpha value is -1.16. The van der Waals surface area contributed by atoms with E-state index in [4.69, 9.17) is 4.74 Å². The Balaban J connectivity index is 2.72. The third kappa shape index (κ3) is 1.37. The fourth-order valence-corrected chi connectivity index (χ4v) is 2.04. The van der Waals surface area contributed by atoms with Crippen molar-refractivity contribution in [1.29, 1.82) is 0 Å². The first kappa shape index (κ1) is 8.44. The lowest BCUT2D eigenvalue weighted by molar-refractivity contribution is 0.387. The highest BCUT2D eigenvalue weighted by molar-refractivity contribution is 7.18. The second-order valence-corrected chi connectivity index (χ2v) is 3.92. The van der Waals surface area contributed by atoms with Gasteiger partial charge in [-0.3, -0.25) is 0 Å². The summed E-state index contributed by atoms with van der Waals surface area (Å²) in [5, 5.41) is 0.933. The molecule has 13 heavy (non-hydrogen) atoms. The van der Waals surface area contributed by atoms with Gasteiger partial charge in [-0.1, -0.05) is 0 Å². The maximum atomic E-state index is 13.2.